The molecular formula is C12H9N3O3S2. The van der Waals surface area contributed by atoms with E-state index in [9.17, 15) is 13.2 Å². The highest BCUT2D eigenvalue weighted by molar-refractivity contribution is 7.94. The summed E-state index contributed by atoms with van der Waals surface area (Å²) in [7, 11) is -3.85. The third kappa shape index (κ3) is 2.79. The maximum Gasteiger partial charge on any atom is 0.271 e. The van der Waals surface area contributed by atoms with Gasteiger partial charge in [-0.05, 0) is 24.3 Å². The van der Waals surface area contributed by atoms with Gasteiger partial charge in [-0.2, -0.15) is 5.26 Å². The number of hydrogen-bond donors (Lipinski definition) is 2. The van der Waals surface area contributed by atoms with Gasteiger partial charge >= 0.3 is 0 Å². The number of rotatable bonds is 4. The number of para-hydroxylation sites is 1. The fourth-order valence-corrected chi connectivity index (χ4v) is 3.69. The number of carbonyl (C=O) groups is 1. The van der Waals surface area contributed by atoms with E-state index in [1.807, 2.05) is 6.07 Å². The molecule has 0 bridgehead atoms. The minimum Gasteiger partial charge on any atom is -0.366 e. The highest BCUT2D eigenvalue weighted by atomic mass is 32.2. The van der Waals surface area contributed by atoms with Crippen molar-refractivity contribution < 1.29 is 13.2 Å². The van der Waals surface area contributed by atoms with Crippen molar-refractivity contribution in [1.29, 1.82) is 5.26 Å². The second-order valence-electron chi connectivity index (χ2n) is 3.75. The van der Waals surface area contributed by atoms with Gasteiger partial charge in [0, 0.05) is 0 Å². The van der Waals surface area contributed by atoms with Crippen LogP contribution in [0.15, 0.2) is 40.6 Å². The Bertz CT molecular complexity index is 803. The van der Waals surface area contributed by atoms with Crippen molar-refractivity contribution in [1.82, 2.24) is 0 Å². The Labute approximate surface area is 119 Å². The van der Waals surface area contributed by atoms with Crippen molar-refractivity contribution in [3.63, 3.8) is 0 Å². The van der Waals surface area contributed by atoms with Gasteiger partial charge in [0.05, 0.1) is 11.3 Å². The van der Waals surface area contributed by atoms with Crippen molar-refractivity contribution >= 4 is 33.0 Å². The van der Waals surface area contributed by atoms with E-state index in [4.69, 9.17) is 11.0 Å². The van der Waals surface area contributed by atoms with Gasteiger partial charge in [-0.25, -0.2) is 8.42 Å². The summed E-state index contributed by atoms with van der Waals surface area (Å²) in [4.78, 5) is 11.5. The highest BCUT2D eigenvalue weighted by Crippen LogP contribution is 2.24. The number of thiophene rings is 1. The lowest BCUT2D eigenvalue weighted by atomic mass is 10.2. The second-order valence-corrected chi connectivity index (χ2v) is 6.74. The summed E-state index contributed by atoms with van der Waals surface area (Å²) in [5, 5.41) is 8.71. The molecule has 1 aromatic carbocycles. The van der Waals surface area contributed by atoms with Gasteiger partial charge < -0.3 is 5.73 Å². The number of nitriles is 1. The van der Waals surface area contributed by atoms with E-state index in [1.165, 1.54) is 24.3 Å². The number of nitrogens with zero attached hydrogens (tertiary/aromatic N) is 1. The molecule has 6 nitrogen and oxygen atoms in total. The molecule has 1 heterocycles. The molecule has 1 amide bonds. The van der Waals surface area contributed by atoms with E-state index < -0.39 is 15.9 Å². The molecular weight excluding hydrogens is 298 g/mol. The topological polar surface area (TPSA) is 113 Å². The maximum atomic E-state index is 12.1. The normalized spacial score (nSPS) is 10.8. The number of amides is 1. The summed E-state index contributed by atoms with van der Waals surface area (Å²) in [6, 6.07) is 10.6. The lowest BCUT2D eigenvalue weighted by Gasteiger charge is -2.09. The number of benzene rings is 1. The number of nitrogens with one attached hydrogen (secondary N) is 1. The summed E-state index contributed by atoms with van der Waals surface area (Å²) in [5.74, 6) is -0.729. The van der Waals surface area contributed by atoms with Gasteiger partial charge in [0.15, 0.2) is 0 Å². The van der Waals surface area contributed by atoms with Gasteiger partial charge in [0.2, 0.25) is 0 Å². The standard InChI is InChI=1S/C12H9N3O3S2/c13-7-8-5-6-11(19-8)20(17,18)15-10-4-2-1-3-9(10)12(14)16/h1-6,15H,(H2,14,16). The van der Waals surface area contributed by atoms with E-state index in [1.54, 1.807) is 12.1 Å². The Hall–Kier alpha value is -2.37. The number of sulfonamides is 1. The molecule has 0 fully saturated rings. The summed E-state index contributed by atoms with van der Waals surface area (Å²) in [6.07, 6.45) is 0. The molecule has 8 heteroatoms. The van der Waals surface area contributed by atoms with Crippen molar-refractivity contribution in [2.45, 2.75) is 4.21 Å². The Kier molecular flexibility index (Phi) is 3.74. The molecule has 20 heavy (non-hydrogen) atoms. The van der Waals surface area contributed by atoms with Crippen LogP contribution < -0.4 is 10.5 Å². The van der Waals surface area contributed by atoms with Crippen LogP contribution in [0.4, 0.5) is 5.69 Å². The summed E-state index contributed by atoms with van der Waals surface area (Å²) < 4.78 is 26.6. The van der Waals surface area contributed by atoms with Gasteiger partial charge in [0.25, 0.3) is 15.9 Å². The summed E-state index contributed by atoms with van der Waals surface area (Å²) >= 11 is 0.846. The average Bonchev–Trinajstić information content (AvgIpc) is 2.88. The molecule has 0 saturated carbocycles. The number of nitrogens with two attached hydrogens (primary N) is 1. The minimum absolute atomic E-state index is 0.00618. The van der Waals surface area contributed by atoms with Crippen LogP contribution in [0.2, 0.25) is 0 Å². The number of carbonyl (C=O) groups excluding carboxylic acids is 1. The molecule has 0 radical (unpaired) electrons. The second kappa shape index (κ2) is 5.32. The van der Waals surface area contributed by atoms with Gasteiger partial charge in [-0.3, -0.25) is 9.52 Å². The minimum atomic E-state index is -3.85. The Morgan fingerprint density at radius 1 is 1.25 bits per heavy atom. The first-order valence-electron chi connectivity index (χ1n) is 5.35. The van der Waals surface area contributed by atoms with Gasteiger partial charge in [0.1, 0.15) is 15.2 Å². The highest BCUT2D eigenvalue weighted by Gasteiger charge is 2.19. The molecule has 0 aliphatic rings. The first-order chi connectivity index (χ1) is 9.44. The Morgan fingerprint density at radius 3 is 2.55 bits per heavy atom. The quantitative estimate of drug-likeness (QED) is 0.891. The lowest BCUT2D eigenvalue weighted by molar-refractivity contribution is 0.100. The zero-order chi connectivity index (χ0) is 14.8. The molecule has 0 atom stereocenters. The van der Waals surface area contributed by atoms with Crippen LogP contribution in [0.3, 0.4) is 0 Å². The Morgan fingerprint density at radius 2 is 1.95 bits per heavy atom. The van der Waals surface area contributed by atoms with Crippen LogP contribution in [0.25, 0.3) is 0 Å². The van der Waals surface area contributed by atoms with Gasteiger partial charge in [-0.1, -0.05) is 12.1 Å². The van der Waals surface area contributed by atoms with E-state index in [2.05, 4.69) is 4.72 Å². The molecule has 0 saturated heterocycles. The van der Waals surface area contributed by atoms with Crippen molar-refractivity contribution in [3.05, 3.63) is 46.8 Å². The van der Waals surface area contributed by atoms with Crippen LogP contribution in [0, 0.1) is 11.3 Å². The van der Waals surface area contributed by atoms with Crippen molar-refractivity contribution in [2.24, 2.45) is 5.73 Å². The lowest BCUT2D eigenvalue weighted by Crippen LogP contribution is -2.17. The maximum absolute atomic E-state index is 12.1. The summed E-state index contributed by atoms with van der Waals surface area (Å²) in [5.41, 5.74) is 5.36. The molecule has 2 aromatic rings. The van der Waals surface area contributed by atoms with E-state index in [-0.39, 0.29) is 20.3 Å². The van der Waals surface area contributed by atoms with Crippen LogP contribution in [0.5, 0.6) is 0 Å². The van der Waals surface area contributed by atoms with Crippen molar-refractivity contribution in [3.8, 4) is 6.07 Å². The first-order valence-corrected chi connectivity index (χ1v) is 7.65. The predicted molar refractivity (Wildman–Crippen MR) is 74.8 cm³/mol. The van der Waals surface area contributed by atoms with Crippen molar-refractivity contribution in [2.75, 3.05) is 4.72 Å². The van der Waals surface area contributed by atoms with Crippen LogP contribution in [0.1, 0.15) is 15.2 Å². The number of primary amides is 1. The fourth-order valence-electron chi connectivity index (χ4n) is 1.51. The molecule has 3 N–H and O–H groups in total. The summed E-state index contributed by atoms with van der Waals surface area (Å²) in [6.45, 7) is 0. The van der Waals surface area contributed by atoms with Gasteiger partial charge in [-0.15, -0.1) is 11.3 Å². The SMILES string of the molecule is N#Cc1ccc(S(=O)(=O)Nc2ccccc2C(N)=O)s1. The average molecular weight is 307 g/mol. The Balaban J connectivity index is 2.39. The molecule has 2 rings (SSSR count). The monoisotopic (exact) mass is 307 g/mol. The molecule has 0 spiro atoms. The molecule has 1 aromatic heterocycles. The van der Waals surface area contributed by atoms with Crippen LogP contribution in [-0.2, 0) is 10.0 Å². The van der Waals surface area contributed by atoms with E-state index in [0.29, 0.717) is 0 Å². The zero-order valence-corrected chi connectivity index (χ0v) is 11.7. The predicted octanol–water partition coefficient (Wildman–Crippen LogP) is 1.52. The third-order valence-corrected chi connectivity index (χ3v) is 5.24. The van der Waals surface area contributed by atoms with Crippen LogP contribution in [-0.4, -0.2) is 14.3 Å². The van der Waals surface area contributed by atoms with E-state index in [0.717, 1.165) is 11.3 Å². The molecule has 0 aliphatic heterocycles. The molecule has 0 unspecified atom stereocenters. The number of anilines is 1. The molecule has 0 aliphatic carbocycles. The largest absolute Gasteiger partial charge is 0.366 e. The number of hydrogen-bond acceptors (Lipinski definition) is 5. The smallest absolute Gasteiger partial charge is 0.271 e. The van der Waals surface area contributed by atoms with E-state index >= 15 is 0 Å². The van der Waals surface area contributed by atoms with Crippen LogP contribution >= 0.6 is 11.3 Å². The molecule has 102 valence electrons. The first kappa shape index (κ1) is 14.0. The third-order valence-electron chi connectivity index (χ3n) is 2.39. The fraction of sp³-hybridized carbons (Fsp3) is 0. The zero-order valence-electron chi connectivity index (χ0n) is 10.0.